The average Bonchev–Trinajstić information content (AvgIpc) is 3.09. The summed E-state index contributed by atoms with van der Waals surface area (Å²) in [6.45, 7) is 3.25. The third-order valence-corrected chi connectivity index (χ3v) is 4.19. The lowest BCUT2D eigenvalue weighted by Gasteiger charge is -2.34. The van der Waals surface area contributed by atoms with Crippen LogP contribution in [0.3, 0.4) is 0 Å². The first-order valence-electron chi connectivity index (χ1n) is 7.48. The first-order chi connectivity index (χ1) is 10.7. The van der Waals surface area contributed by atoms with Crippen LogP contribution in [-0.4, -0.2) is 28.8 Å². The summed E-state index contributed by atoms with van der Waals surface area (Å²) >= 11 is 0. The van der Waals surface area contributed by atoms with Crippen LogP contribution in [0.4, 0.5) is 5.69 Å². The quantitative estimate of drug-likeness (QED) is 0.883. The standard InChI is InChI=1S/C17H18N4O/c1-12(22)13-4-5-14(10-18)16(9-13)21-8-2-3-15(11-21)17-19-6-7-20-17/h4-7,9,15H,2-3,8,11H2,1H3,(H,19,20). The van der Waals surface area contributed by atoms with E-state index in [4.69, 9.17) is 0 Å². The normalized spacial score (nSPS) is 18.0. The van der Waals surface area contributed by atoms with Crippen molar-refractivity contribution in [2.75, 3.05) is 18.0 Å². The van der Waals surface area contributed by atoms with Gasteiger partial charge in [0, 0.05) is 37.0 Å². The van der Waals surface area contributed by atoms with Crippen LogP contribution in [-0.2, 0) is 0 Å². The topological polar surface area (TPSA) is 72.8 Å². The predicted molar refractivity (Wildman–Crippen MR) is 83.9 cm³/mol. The van der Waals surface area contributed by atoms with Gasteiger partial charge in [0.25, 0.3) is 0 Å². The summed E-state index contributed by atoms with van der Waals surface area (Å²) in [7, 11) is 0. The summed E-state index contributed by atoms with van der Waals surface area (Å²) in [6, 6.07) is 7.53. The minimum atomic E-state index is 0.0188. The summed E-state index contributed by atoms with van der Waals surface area (Å²) in [5, 5.41) is 9.35. The van der Waals surface area contributed by atoms with Crippen molar-refractivity contribution in [1.29, 1.82) is 5.26 Å². The van der Waals surface area contributed by atoms with Crippen LogP contribution in [0, 0.1) is 11.3 Å². The Morgan fingerprint density at radius 3 is 3.05 bits per heavy atom. The van der Waals surface area contributed by atoms with Crippen molar-refractivity contribution in [3.05, 3.63) is 47.5 Å². The lowest BCUT2D eigenvalue weighted by atomic mass is 9.95. The van der Waals surface area contributed by atoms with E-state index in [0.717, 1.165) is 37.4 Å². The number of imidazole rings is 1. The first-order valence-corrected chi connectivity index (χ1v) is 7.48. The molecule has 1 fully saturated rings. The Bertz CT molecular complexity index is 715. The van der Waals surface area contributed by atoms with Gasteiger partial charge in [0.1, 0.15) is 11.9 Å². The largest absolute Gasteiger partial charge is 0.370 e. The fraction of sp³-hybridized carbons (Fsp3) is 0.353. The van der Waals surface area contributed by atoms with E-state index >= 15 is 0 Å². The Morgan fingerprint density at radius 1 is 1.50 bits per heavy atom. The number of nitriles is 1. The number of ketones is 1. The molecule has 1 saturated heterocycles. The number of aromatic nitrogens is 2. The van der Waals surface area contributed by atoms with E-state index < -0.39 is 0 Å². The molecule has 5 nitrogen and oxygen atoms in total. The summed E-state index contributed by atoms with van der Waals surface area (Å²) in [6.07, 6.45) is 5.73. The second-order valence-corrected chi connectivity index (χ2v) is 5.66. The zero-order valence-corrected chi connectivity index (χ0v) is 12.5. The molecule has 1 aliphatic heterocycles. The maximum Gasteiger partial charge on any atom is 0.159 e. The van der Waals surface area contributed by atoms with Gasteiger partial charge in [-0.2, -0.15) is 5.26 Å². The van der Waals surface area contributed by atoms with Crippen LogP contribution in [0.25, 0.3) is 0 Å². The van der Waals surface area contributed by atoms with Gasteiger partial charge in [-0.1, -0.05) is 0 Å². The number of hydrogen-bond acceptors (Lipinski definition) is 4. The molecule has 1 aromatic carbocycles. The van der Waals surface area contributed by atoms with Crippen molar-refractivity contribution in [3.63, 3.8) is 0 Å². The molecule has 0 radical (unpaired) electrons. The molecule has 1 unspecified atom stereocenters. The molecule has 22 heavy (non-hydrogen) atoms. The molecular weight excluding hydrogens is 276 g/mol. The van der Waals surface area contributed by atoms with E-state index in [1.165, 1.54) is 0 Å². The maximum absolute atomic E-state index is 11.6. The highest BCUT2D eigenvalue weighted by atomic mass is 16.1. The van der Waals surface area contributed by atoms with Crippen molar-refractivity contribution in [2.45, 2.75) is 25.7 Å². The van der Waals surface area contributed by atoms with Crippen molar-refractivity contribution < 1.29 is 4.79 Å². The Labute approximate surface area is 129 Å². The van der Waals surface area contributed by atoms with Crippen molar-refractivity contribution >= 4 is 11.5 Å². The molecule has 112 valence electrons. The Balaban J connectivity index is 1.91. The average molecular weight is 294 g/mol. The van der Waals surface area contributed by atoms with Gasteiger partial charge in [0.05, 0.1) is 11.3 Å². The summed E-state index contributed by atoms with van der Waals surface area (Å²) < 4.78 is 0. The molecule has 1 N–H and O–H groups in total. The van der Waals surface area contributed by atoms with Crippen LogP contribution in [0.15, 0.2) is 30.6 Å². The van der Waals surface area contributed by atoms with Crippen molar-refractivity contribution in [3.8, 4) is 6.07 Å². The SMILES string of the molecule is CC(=O)c1ccc(C#N)c(N2CCCC(c3ncc[nH]3)C2)c1. The lowest BCUT2D eigenvalue weighted by Crippen LogP contribution is -2.35. The van der Waals surface area contributed by atoms with Gasteiger partial charge in [-0.25, -0.2) is 4.98 Å². The molecule has 0 amide bonds. The smallest absolute Gasteiger partial charge is 0.159 e. The number of aromatic amines is 1. The molecule has 1 aromatic heterocycles. The maximum atomic E-state index is 11.6. The van der Waals surface area contributed by atoms with Gasteiger partial charge in [0.2, 0.25) is 0 Å². The number of rotatable bonds is 3. The van der Waals surface area contributed by atoms with Crippen LogP contribution in [0.5, 0.6) is 0 Å². The van der Waals surface area contributed by atoms with Gasteiger partial charge >= 0.3 is 0 Å². The highest BCUT2D eigenvalue weighted by Crippen LogP contribution is 2.30. The molecule has 1 atom stereocenters. The van der Waals surface area contributed by atoms with Gasteiger partial charge in [0.15, 0.2) is 5.78 Å². The van der Waals surface area contributed by atoms with Crippen LogP contribution in [0.2, 0.25) is 0 Å². The monoisotopic (exact) mass is 294 g/mol. The van der Waals surface area contributed by atoms with Crippen molar-refractivity contribution in [1.82, 2.24) is 9.97 Å². The molecule has 2 aromatic rings. The third-order valence-electron chi connectivity index (χ3n) is 4.19. The number of carbonyl (C=O) groups excluding carboxylic acids is 1. The number of benzene rings is 1. The predicted octanol–water partition coefficient (Wildman–Crippen LogP) is 2.87. The number of H-pyrrole nitrogens is 1. The minimum absolute atomic E-state index is 0.0188. The Kier molecular flexibility index (Phi) is 3.92. The van der Waals surface area contributed by atoms with Gasteiger partial charge in [-0.3, -0.25) is 4.79 Å². The van der Waals surface area contributed by atoms with Crippen LogP contribution >= 0.6 is 0 Å². The molecule has 3 rings (SSSR count). The molecule has 0 saturated carbocycles. The zero-order valence-electron chi connectivity index (χ0n) is 12.5. The number of piperidine rings is 1. The molecular formula is C17H18N4O. The molecule has 1 aliphatic rings. The Hall–Kier alpha value is -2.61. The van der Waals surface area contributed by atoms with Gasteiger partial charge in [-0.15, -0.1) is 0 Å². The fourth-order valence-electron chi connectivity index (χ4n) is 3.03. The second kappa shape index (κ2) is 6.02. The number of carbonyl (C=O) groups is 1. The van der Waals surface area contributed by atoms with Crippen LogP contribution in [0.1, 0.15) is 47.4 Å². The fourth-order valence-corrected chi connectivity index (χ4v) is 3.03. The number of nitrogens with one attached hydrogen (secondary N) is 1. The summed E-state index contributed by atoms with van der Waals surface area (Å²) in [4.78, 5) is 21.3. The Morgan fingerprint density at radius 2 is 2.36 bits per heavy atom. The van der Waals surface area contributed by atoms with E-state index in [9.17, 15) is 10.1 Å². The number of anilines is 1. The van der Waals surface area contributed by atoms with E-state index in [1.807, 2.05) is 12.3 Å². The number of nitrogens with zero attached hydrogens (tertiary/aromatic N) is 3. The van der Waals surface area contributed by atoms with E-state index in [0.29, 0.717) is 17.0 Å². The third kappa shape index (κ3) is 2.73. The lowest BCUT2D eigenvalue weighted by molar-refractivity contribution is 0.101. The van der Waals surface area contributed by atoms with Crippen molar-refractivity contribution in [2.24, 2.45) is 0 Å². The van der Waals surface area contributed by atoms with E-state index in [1.54, 1.807) is 25.3 Å². The first kappa shape index (κ1) is 14.3. The van der Waals surface area contributed by atoms with Crippen LogP contribution < -0.4 is 4.90 Å². The number of hydrogen-bond donors (Lipinski definition) is 1. The summed E-state index contributed by atoms with van der Waals surface area (Å²) in [5.41, 5.74) is 2.12. The van der Waals surface area contributed by atoms with E-state index in [-0.39, 0.29) is 5.78 Å². The molecule has 0 spiro atoms. The molecule has 0 aliphatic carbocycles. The number of Topliss-reactive ketones (excluding diaryl/α,β-unsaturated/α-hetero) is 1. The van der Waals surface area contributed by atoms with E-state index in [2.05, 4.69) is 20.9 Å². The van der Waals surface area contributed by atoms with Gasteiger partial charge in [-0.05, 0) is 38.0 Å². The molecule has 2 heterocycles. The molecule has 5 heteroatoms. The highest BCUT2D eigenvalue weighted by Gasteiger charge is 2.25. The summed E-state index contributed by atoms with van der Waals surface area (Å²) in [5.74, 6) is 1.34. The zero-order chi connectivity index (χ0) is 15.5. The second-order valence-electron chi connectivity index (χ2n) is 5.66. The molecule has 0 bridgehead atoms. The highest BCUT2D eigenvalue weighted by molar-refractivity contribution is 5.95. The van der Waals surface area contributed by atoms with Gasteiger partial charge < -0.3 is 9.88 Å². The minimum Gasteiger partial charge on any atom is -0.370 e.